The molecule has 0 aliphatic carbocycles. The van der Waals surface area contributed by atoms with Crippen LogP contribution in [0.1, 0.15) is 47.3 Å². The van der Waals surface area contributed by atoms with Crippen LogP contribution in [0, 0.1) is 13.8 Å². The summed E-state index contributed by atoms with van der Waals surface area (Å²) in [5.41, 5.74) is 3.43. The number of hydrogen-bond donors (Lipinski definition) is 1. The van der Waals surface area contributed by atoms with Crippen LogP contribution in [0.15, 0.2) is 24.3 Å². The van der Waals surface area contributed by atoms with Crippen LogP contribution in [0.5, 0.6) is 0 Å². The van der Waals surface area contributed by atoms with Crippen molar-refractivity contribution < 1.29 is 9.53 Å². The topological polar surface area (TPSA) is 51.2 Å². The molecule has 1 unspecified atom stereocenters. The lowest BCUT2D eigenvalue weighted by Crippen LogP contribution is -2.30. The first kappa shape index (κ1) is 15.9. The van der Waals surface area contributed by atoms with Crippen molar-refractivity contribution in [3.8, 4) is 0 Å². The smallest absolute Gasteiger partial charge is 0.253 e. The molecule has 1 aromatic carbocycles. The molecular formula is C19H24N2O2. The van der Waals surface area contributed by atoms with E-state index in [9.17, 15) is 4.79 Å². The summed E-state index contributed by atoms with van der Waals surface area (Å²) in [6.45, 7) is 5.40. The molecule has 4 heteroatoms. The Labute approximate surface area is 137 Å². The van der Waals surface area contributed by atoms with Crippen molar-refractivity contribution in [1.29, 1.82) is 0 Å². The van der Waals surface area contributed by atoms with E-state index in [1.807, 2.05) is 38.1 Å². The zero-order valence-electron chi connectivity index (χ0n) is 13.9. The number of pyridine rings is 1. The molecule has 2 aromatic rings. The number of amides is 1. The molecule has 0 saturated carbocycles. The molecule has 1 aromatic heterocycles. The van der Waals surface area contributed by atoms with Crippen molar-refractivity contribution in [3.63, 3.8) is 0 Å². The Bertz CT molecular complexity index is 706. The molecule has 1 aliphatic rings. The van der Waals surface area contributed by atoms with Crippen molar-refractivity contribution in [2.24, 2.45) is 0 Å². The predicted octanol–water partition coefficient (Wildman–Crippen LogP) is 3.54. The van der Waals surface area contributed by atoms with Crippen molar-refractivity contribution in [2.45, 2.75) is 45.6 Å². The average molecular weight is 312 g/mol. The maximum atomic E-state index is 12.6. The number of rotatable bonds is 4. The van der Waals surface area contributed by atoms with Gasteiger partial charge in [-0.15, -0.1) is 0 Å². The quantitative estimate of drug-likeness (QED) is 0.939. The zero-order valence-corrected chi connectivity index (χ0v) is 13.9. The number of para-hydroxylation sites is 1. The molecule has 0 spiro atoms. The summed E-state index contributed by atoms with van der Waals surface area (Å²) in [5.74, 6) is -0.0333. The highest BCUT2D eigenvalue weighted by atomic mass is 16.5. The third-order valence-electron chi connectivity index (χ3n) is 4.59. The predicted molar refractivity (Wildman–Crippen MR) is 91.8 cm³/mol. The Morgan fingerprint density at radius 1 is 1.30 bits per heavy atom. The van der Waals surface area contributed by atoms with Gasteiger partial charge in [0.15, 0.2) is 0 Å². The van der Waals surface area contributed by atoms with E-state index in [1.165, 1.54) is 6.42 Å². The number of nitrogens with one attached hydrogen (secondary N) is 1. The van der Waals surface area contributed by atoms with Crippen molar-refractivity contribution >= 4 is 16.8 Å². The Morgan fingerprint density at radius 2 is 2.13 bits per heavy atom. The first-order valence-corrected chi connectivity index (χ1v) is 8.42. The van der Waals surface area contributed by atoms with Crippen LogP contribution in [-0.4, -0.2) is 30.1 Å². The van der Waals surface area contributed by atoms with E-state index in [1.54, 1.807) is 0 Å². The van der Waals surface area contributed by atoms with E-state index in [-0.39, 0.29) is 5.91 Å². The Hall–Kier alpha value is -1.94. The normalized spacial score (nSPS) is 18.1. The van der Waals surface area contributed by atoms with Gasteiger partial charge >= 0.3 is 0 Å². The summed E-state index contributed by atoms with van der Waals surface area (Å²) < 4.78 is 5.71. The van der Waals surface area contributed by atoms with Crippen LogP contribution in [0.4, 0.5) is 0 Å². The van der Waals surface area contributed by atoms with Crippen LogP contribution in [0.25, 0.3) is 10.9 Å². The molecule has 23 heavy (non-hydrogen) atoms. The number of benzene rings is 1. The fourth-order valence-corrected chi connectivity index (χ4v) is 3.34. The lowest BCUT2D eigenvalue weighted by molar-refractivity contribution is 0.0117. The number of aromatic nitrogens is 1. The number of aryl methyl sites for hydroxylation is 2. The van der Waals surface area contributed by atoms with Gasteiger partial charge in [0.05, 0.1) is 22.9 Å². The van der Waals surface area contributed by atoms with E-state index in [4.69, 9.17) is 4.74 Å². The van der Waals surface area contributed by atoms with Gasteiger partial charge < -0.3 is 10.1 Å². The zero-order chi connectivity index (χ0) is 16.2. The Kier molecular flexibility index (Phi) is 4.91. The van der Waals surface area contributed by atoms with Crippen LogP contribution in [-0.2, 0) is 4.74 Å². The molecule has 0 bridgehead atoms. The maximum Gasteiger partial charge on any atom is 0.253 e. The number of fused-ring (bicyclic) bond motifs is 1. The SMILES string of the molecule is Cc1nc2ccccc2c(C)c1C(=O)NCCC1CCCCO1. The van der Waals surface area contributed by atoms with Crippen LogP contribution in [0.2, 0.25) is 0 Å². The monoisotopic (exact) mass is 312 g/mol. The van der Waals surface area contributed by atoms with Gasteiger partial charge in [0.1, 0.15) is 0 Å². The molecule has 1 atom stereocenters. The second kappa shape index (κ2) is 7.09. The molecule has 3 rings (SSSR count). The highest BCUT2D eigenvalue weighted by Gasteiger charge is 2.17. The van der Waals surface area contributed by atoms with Gasteiger partial charge in [-0.3, -0.25) is 9.78 Å². The third kappa shape index (κ3) is 3.53. The second-order valence-electron chi connectivity index (χ2n) is 6.25. The molecule has 1 fully saturated rings. The molecule has 2 heterocycles. The van der Waals surface area contributed by atoms with Gasteiger partial charge in [-0.1, -0.05) is 18.2 Å². The molecule has 1 amide bonds. The average Bonchev–Trinajstić information content (AvgIpc) is 2.56. The van der Waals surface area contributed by atoms with Gasteiger partial charge in [0, 0.05) is 18.5 Å². The third-order valence-corrected chi connectivity index (χ3v) is 4.59. The fourth-order valence-electron chi connectivity index (χ4n) is 3.34. The second-order valence-corrected chi connectivity index (χ2v) is 6.25. The van der Waals surface area contributed by atoms with Gasteiger partial charge in [-0.25, -0.2) is 0 Å². The molecule has 1 saturated heterocycles. The summed E-state index contributed by atoms with van der Waals surface area (Å²) in [6.07, 6.45) is 4.66. The molecule has 0 radical (unpaired) electrons. The minimum absolute atomic E-state index is 0.0333. The molecular weight excluding hydrogens is 288 g/mol. The summed E-state index contributed by atoms with van der Waals surface area (Å²) in [7, 11) is 0. The molecule has 122 valence electrons. The minimum Gasteiger partial charge on any atom is -0.378 e. The standard InChI is InChI=1S/C19H24N2O2/c1-13-16-8-3-4-9-17(16)21-14(2)18(13)19(22)20-11-10-15-7-5-6-12-23-15/h3-4,8-9,15H,5-7,10-12H2,1-2H3,(H,20,22). The van der Waals surface area contributed by atoms with Crippen LogP contribution < -0.4 is 5.32 Å². The number of ether oxygens (including phenoxy) is 1. The Balaban J connectivity index is 1.70. The first-order chi connectivity index (χ1) is 11.2. The number of carbonyl (C=O) groups is 1. The van der Waals surface area contributed by atoms with Crippen LogP contribution >= 0.6 is 0 Å². The first-order valence-electron chi connectivity index (χ1n) is 8.42. The van der Waals surface area contributed by atoms with Gasteiger partial charge in [0.2, 0.25) is 0 Å². The largest absolute Gasteiger partial charge is 0.378 e. The lowest BCUT2D eigenvalue weighted by Gasteiger charge is -2.22. The Morgan fingerprint density at radius 3 is 2.91 bits per heavy atom. The van der Waals surface area contributed by atoms with E-state index >= 15 is 0 Å². The number of nitrogens with zero attached hydrogens (tertiary/aromatic N) is 1. The maximum absolute atomic E-state index is 12.6. The summed E-state index contributed by atoms with van der Waals surface area (Å²) in [4.78, 5) is 17.1. The number of hydrogen-bond acceptors (Lipinski definition) is 3. The molecule has 1 aliphatic heterocycles. The van der Waals surface area contributed by atoms with Crippen LogP contribution in [0.3, 0.4) is 0 Å². The van der Waals surface area contributed by atoms with Crippen molar-refractivity contribution in [1.82, 2.24) is 10.3 Å². The van der Waals surface area contributed by atoms with E-state index in [0.29, 0.717) is 18.2 Å². The van der Waals surface area contributed by atoms with Crippen molar-refractivity contribution in [3.05, 3.63) is 41.1 Å². The lowest BCUT2D eigenvalue weighted by atomic mass is 10.0. The van der Waals surface area contributed by atoms with Gasteiger partial charge in [-0.2, -0.15) is 0 Å². The van der Waals surface area contributed by atoms with E-state index in [2.05, 4.69) is 10.3 Å². The van der Waals surface area contributed by atoms with Crippen molar-refractivity contribution in [2.75, 3.05) is 13.2 Å². The number of carbonyl (C=O) groups excluding carboxylic acids is 1. The van der Waals surface area contributed by atoms with Gasteiger partial charge in [-0.05, 0) is 51.2 Å². The fraction of sp³-hybridized carbons (Fsp3) is 0.474. The summed E-state index contributed by atoms with van der Waals surface area (Å²) >= 11 is 0. The summed E-state index contributed by atoms with van der Waals surface area (Å²) in [5, 5.41) is 4.07. The minimum atomic E-state index is -0.0333. The highest BCUT2D eigenvalue weighted by Crippen LogP contribution is 2.22. The highest BCUT2D eigenvalue weighted by molar-refractivity contribution is 6.01. The van der Waals surface area contributed by atoms with Gasteiger partial charge in [0.25, 0.3) is 5.91 Å². The molecule has 1 N–H and O–H groups in total. The van der Waals surface area contributed by atoms with E-state index < -0.39 is 0 Å². The molecule has 4 nitrogen and oxygen atoms in total. The summed E-state index contributed by atoms with van der Waals surface area (Å²) in [6, 6.07) is 7.95. The van der Waals surface area contributed by atoms with E-state index in [0.717, 1.165) is 48.0 Å².